The number of hydrogen-bond acceptors (Lipinski definition) is 17. The van der Waals surface area contributed by atoms with Crippen LogP contribution in [-0.2, 0) is 67.1 Å². The van der Waals surface area contributed by atoms with Crippen LogP contribution in [0.25, 0.3) is 0 Å². The number of nitrogens with one attached hydrogen (secondary N) is 8. The number of ether oxygens (including phenoxy) is 1. The molecule has 0 aliphatic carbocycles. The molecule has 13 atom stereocenters. The molecule has 15 N–H and O–H groups in total. The molecule has 2 heterocycles. The highest BCUT2D eigenvalue weighted by molar-refractivity contribution is 6.03. The smallest absolute Gasteiger partial charge is 0.268 e. The highest BCUT2D eigenvalue weighted by atomic mass is 16.5. The third-order valence-electron chi connectivity index (χ3n) is 15.6. The molecule has 492 valence electrons. The second-order valence-electron chi connectivity index (χ2n) is 23.0. The second-order valence-corrected chi connectivity index (χ2v) is 23.0. The number of carbonyl (C=O) groups is 13. The van der Waals surface area contributed by atoms with E-state index in [1.54, 1.807) is 20.8 Å². The normalized spacial score (nSPS) is 26.1. The van der Waals surface area contributed by atoms with Crippen molar-refractivity contribution in [3.05, 3.63) is 11.8 Å². The minimum atomic E-state index is -2.04. The van der Waals surface area contributed by atoms with Crippen molar-refractivity contribution in [1.29, 1.82) is 0 Å². The van der Waals surface area contributed by atoms with Crippen molar-refractivity contribution in [3.8, 4) is 0 Å². The molecule has 0 bridgehead atoms. The number of amides is 12. The van der Waals surface area contributed by atoms with Crippen molar-refractivity contribution in [2.24, 2.45) is 23.3 Å². The van der Waals surface area contributed by atoms with Gasteiger partial charge < -0.3 is 83.9 Å². The van der Waals surface area contributed by atoms with Crippen molar-refractivity contribution < 1.29 is 82.4 Å². The summed E-state index contributed by atoms with van der Waals surface area (Å²) in [6.45, 7) is 10.9. The van der Waals surface area contributed by atoms with Crippen molar-refractivity contribution in [2.45, 2.75) is 237 Å². The number of aliphatic hydroxyl groups excluding tert-OH is 3. The average molecular weight is 1240 g/mol. The van der Waals surface area contributed by atoms with Gasteiger partial charge >= 0.3 is 0 Å². The number of carbonyl (C=O) groups excluding carboxylic acids is 13. The van der Waals surface area contributed by atoms with Gasteiger partial charge in [0.25, 0.3) is 11.8 Å². The molecule has 0 saturated carbocycles. The van der Waals surface area contributed by atoms with Gasteiger partial charge in [-0.05, 0) is 78.1 Å². The van der Waals surface area contributed by atoms with E-state index in [0.29, 0.717) is 25.7 Å². The van der Waals surface area contributed by atoms with E-state index in [4.69, 9.17) is 16.2 Å². The fourth-order valence-electron chi connectivity index (χ4n) is 10.1. The SMILES string of the molecule is C/C=C1/NC(=O)[C@H](C(C)C)NC(=O)[C@H](O)[C@@H]([C@@H](C)CCCCCCCCCC(=O)CCCC)NC(=O)[C@@H]2CCCN2C(=O)[C@H](CC(N)=O)N(C)C(=O)[C@H]([C@H](C)OC)NC(=O)CNC(=O)[C@H](CCC(N)=O)NC(=O)[C@H]([C@H](C)O)NC(=O)[C@H]([C@H](C)O)NC1=O. The Labute approximate surface area is 509 Å². The van der Waals surface area contributed by atoms with Crippen LogP contribution in [0.4, 0.5) is 0 Å². The fraction of sp³-hybridized carbons (Fsp3) is 0.741. The van der Waals surface area contributed by atoms with Gasteiger partial charge in [0.1, 0.15) is 53.8 Å². The lowest BCUT2D eigenvalue weighted by atomic mass is 9.90. The monoisotopic (exact) mass is 1230 g/mol. The first-order valence-electron chi connectivity index (χ1n) is 30.2. The number of hydrogen-bond donors (Lipinski definition) is 13. The van der Waals surface area contributed by atoms with Crippen molar-refractivity contribution >= 4 is 76.7 Å². The molecule has 0 radical (unpaired) electrons. The Morgan fingerprint density at radius 3 is 1.80 bits per heavy atom. The van der Waals surface area contributed by atoms with Gasteiger partial charge in [0.05, 0.1) is 37.3 Å². The number of likely N-dealkylation sites (N-methyl/N-ethyl adjacent to an activating group) is 1. The standard InChI is InChI=1S/C58H98N12O17/c1-11-13-23-36(73)24-20-18-16-14-15-17-19-22-32(5)45-49(77)56(84)65-44(31(3)4)53(81)62-37(12-2)51(79)67-47(34(7)72)55(83)68-46(33(6)71)54(82)63-38(26-27-41(59)74)50(78)61-30-43(76)64-48(35(8)87-10)58(86)69(9)40(29-42(60)75)57(85)70-28-21-25-39(70)52(80)66-45/h12,31-35,38-40,44-49,71-72,77H,11,13-30H2,1-10H3,(H2,59,74)(H2,60,75)(H,61,78)(H,62,81)(H,63,82)(H,64,76)(H,65,84)(H,66,80)(H,67,79)(H,68,83)/b37-12+/t32-,33-,34-,35-,38-,39-,40-,44-,45+,46-,47-,48-,49+/m0/s1. The molecule has 2 aliphatic heterocycles. The van der Waals surface area contributed by atoms with Gasteiger partial charge in [-0.25, -0.2) is 0 Å². The van der Waals surface area contributed by atoms with Crippen molar-refractivity contribution in [3.63, 3.8) is 0 Å². The Morgan fingerprint density at radius 2 is 1.24 bits per heavy atom. The van der Waals surface area contributed by atoms with Crippen LogP contribution in [0.2, 0.25) is 0 Å². The molecular weight excluding hydrogens is 1140 g/mol. The summed E-state index contributed by atoms with van der Waals surface area (Å²) in [5.41, 5.74) is 10.5. The fourth-order valence-corrected chi connectivity index (χ4v) is 10.1. The number of methoxy groups -OCH3 is 1. The van der Waals surface area contributed by atoms with Crippen LogP contribution in [-0.4, -0.2) is 202 Å². The van der Waals surface area contributed by atoms with Gasteiger partial charge in [0.2, 0.25) is 59.1 Å². The number of rotatable bonds is 24. The number of Topliss-reactive ketones (excluding diaryl/α,β-unsaturated/α-hetero) is 1. The lowest BCUT2D eigenvalue weighted by Gasteiger charge is -2.36. The van der Waals surface area contributed by atoms with Crippen LogP contribution in [0.1, 0.15) is 165 Å². The predicted octanol–water partition coefficient (Wildman–Crippen LogP) is -2.28. The number of allylic oxidation sites excluding steroid dienone is 1. The van der Waals surface area contributed by atoms with Crippen LogP contribution in [0.15, 0.2) is 11.8 Å². The third kappa shape index (κ3) is 24.9. The average Bonchev–Trinajstić information content (AvgIpc) is 2.29. The Hall–Kier alpha value is -7.11. The van der Waals surface area contributed by atoms with Crippen LogP contribution < -0.4 is 54.0 Å². The summed E-state index contributed by atoms with van der Waals surface area (Å²) in [5.74, 6) is -13.5. The van der Waals surface area contributed by atoms with E-state index in [2.05, 4.69) is 42.5 Å². The summed E-state index contributed by atoms with van der Waals surface area (Å²) in [6.07, 6.45) is 2.26. The zero-order chi connectivity index (χ0) is 65.8. The van der Waals surface area contributed by atoms with Gasteiger partial charge in [-0.1, -0.05) is 78.7 Å². The molecule has 29 nitrogen and oxygen atoms in total. The Bertz CT molecular complexity index is 2420. The third-order valence-corrected chi connectivity index (χ3v) is 15.6. The zero-order valence-corrected chi connectivity index (χ0v) is 52.2. The largest absolute Gasteiger partial charge is 0.391 e. The van der Waals surface area contributed by atoms with E-state index < -0.39 is 187 Å². The number of fused-ring (bicyclic) bond motifs is 1. The van der Waals surface area contributed by atoms with E-state index >= 15 is 0 Å². The van der Waals surface area contributed by atoms with Gasteiger partial charge in [0.15, 0.2) is 6.10 Å². The van der Waals surface area contributed by atoms with Gasteiger partial charge in [-0.15, -0.1) is 0 Å². The quantitative estimate of drug-likeness (QED) is 0.0358. The minimum Gasteiger partial charge on any atom is -0.391 e. The Balaban J connectivity index is 2.73. The molecule has 0 spiro atoms. The van der Waals surface area contributed by atoms with Crippen LogP contribution in [0, 0.1) is 11.8 Å². The summed E-state index contributed by atoms with van der Waals surface area (Å²) < 4.78 is 5.41. The second kappa shape index (κ2) is 38.2. The molecule has 29 heteroatoms. The summed E-state index contributed by atoms with van der Waals surface area (Å²) in [5, 5.41) is 52.6. The number of aliphatic hydroxyl groups is 3. The summed E-state index contributed by atoms with van der Waals surface area (Å²) in [6, 6.07) is -12.9. The highest BCUT2D eigenvalue weighted by Crippen LogP contribution is 2.25. The molecule has 2 saturated heterocycles. The molecule has 2 aliphatic rings. The van der Waals surface area contributed by atoms with Gasteiger partial charge in [-0.3, -0.25) is 62.3 Å². The lowest BCUT2D eigenvalue weighted by Crippen LogP contribution is -2.62. The maximum absolute atomic E-state index is 14.7. The van der Waals surface area contributed by atoms with E-state index in [1.165, 1.54) is 21.0 Å². The first kappa shape index (κ1) is 76.0. The van der Waals surface area contributed by atoms with Crippen LogP contribution >= 0.6 is 0 Å². The number of ketones is 1. The summed E-state index contributed by atoms with van der Waals surface area (Å²) in [7, 11) is 2.37. The summed E-state index contributed by atoms with van der Waals surface area (Å²) >= 11 is 0. The molecule has 0 unspecified atom stereocenters. The Morgan fingerprint density at radius 1 is 0.667 bits per heavy atom. The van der Waals surface area contributed by atoms with Gasteiger partial charge in [-0.2, -0.15) is 0 Å². The van der Waals surface area contributed by atoms with E-state index in [1.807, 2.05) is 6.92 Å². The van der Waals surface area contributed by atoms with E-state index in [9.17, 15) is 77.6 Å². The minimum absolute atomic E-state index is 0.0502. The molecule has 2 rings (SSSR count). The van der Waals surface area contributed by atoms with E-state index in [-0.39, 0.29) is 25.2 Å². The first-order chi connectivity index (χ1) is 40.9. The highest BCUT2D eigenvalue weighted by Gasteiger charge is 2.44. The first-order valence-corrected chi connectivity index (χ1v) is 30.2. The molecule has 12 amide bonds. The molecule has 0 aromatic rings. The van der Waals surface area contributed by atoms with Gasteiger partial charge in [0, 0.05) is 40.0 Å². The molecule has 2 fully saturated rings. The molecular formula is C58H98N12O17. The maximum Gasteiger partial charge on any atom is 0.268 e. The van der Waals surface area contributed by atoms with E-state index in [0.717, 1.165) is 88.1 Å². The van der Waals surface area contributed by atoms with Crippen molar-refractivity contribution in [2.75, 3.05) is 27.2 Å². The number of nitrogens with zero attached hydrogens (tertiary/aromatic N) is 2. The zero-order valence-electron chi connectivity index (χ0n) is 52.2. The number of nitrogens with two attached hydrogens (primary N) is 2. The summed E-state index contributed by atoms with van der Waals surface area (Å²) in [4.78, 5) is 179. The number of unbranched alkanes of at least 4 members (excludes halogenated alkanes) is 7. The number of primary amides is 2. The molecule has 0 aromatic carbocycles. The Kier molecular flexibility index (Phi) is 33.4. The molecule has 87 heavy (non-hydrogen) atoms. The lowest BCUT2D eigenvalue weighted by molar-refractivity contribution is -0.151. The van der Waals surface area contributed by atoms with Crippen LogP contribution in [0.5, 0.6) is 0 Å². The van der Waals surface area contributed by atoms with Crippen LogP contribution in [0.3, 0.4) is 0 Å². The van der Waals surface area contributed by atoms with Crippen molar-refractivity contribution in [1.82, 2.24) is 52.3 Å². The molecule has 0 aromatic heterocycles. The maximum atomic E-state index is 14.7. The predicted molar refractivity (Wildman–Crippen MR) is 316 cm³/mol. The topological polar surface area (TPSA) is 447 Å².